The van der Waals surface area contributed by atoms with E-state index in [1.54, 1.807) is 0 Å². The van der Waals surface area contributed by atoms with Crippen molar-refractivity contribution in [1.82, 2.24) is 10.2 Å². The third-order valence-corrected chi connectivity index (χ3v) is 3.70. The van der Waals surface area contributed by atoms with Crippen molar-refractivity contribution in [3.63, 3.8) is 0 Å². The predicted octanol–water partition coefficient (Wildman–Crippen LogP) is 1.85. The lowest BCUT2D eigenvalue weighted by Crippen LogP contribution is -2.46. The maximum atomic E-state index is 12.2. The maximum absolute atomic E-state index is 12.2. The smallest absolute Gasteiger partial charge is 0.407 e. The molecule has 0 aliphatic carbocycles. The SMILES string of the molecule is CCCCOC(=O)NCC(=O)N1CCCC1C(=O)OCCCC. The lowest BCUT2D eigenvalue weighted by molar-refractivity contribution is -0.153. The van der Waals surface area contributed by atoms with Gasteiger partial charge in [-0.25, -0.2) is 9.59 Å². The molecular formula is C16H28N2O5. The van der Waals surface area contributed by atoms with Crippen molar-refractivity contribution in [2.75, 3.05) is 26.3 Å². The summed E-state index contributed by atoms with van der Waals surface area (Å²) in [6.07, 6.45) is 4.26. The van der Waals surface area contributed by atoms with Crippen LogP contribution in [-0.4, -0.2) is 55.2 Å². The summed E-state index contributed by atoms with van der Waals surface area (Å²) in [6, 6.07) is -0.530. The molecule has 23 heavy (non-hydrogen) atoms. The Morgan fingerprint density at radius 1 is 1.09 bits per heavy atom. The summed E-state index contributed by atoms with van der Waals surface area (Å²) in [5, 5.41) is 2.43. The van der Waals surface area contributed by atoms with E-state index in [9.17, 15) is 14.4 Å². The van der Waals surface area contributed by atoms with Crippen LogP contribution in [0.5, 0.6) is 0 Å². The molecule has 1 fully saturated rings. The molecular weight excluding hydrogens is 300 g/mol. The summed E-state index contributed by atoms with van der Waals surface area (Å²) < 4.78 is 10.1. The van der Waals surface area contributed by atoms with Crippen LogP contribution >= 0.6 is 0 Å². The van der Waals surface area contributed by atoms with Gasteiger partial charge in [0.25, 0.3) is 0 Å². The summed E-state index contributed by atoms with van der Waals surface area (Å²) in [7, 11) is 0. The summed E-state index contributed by atoms with van der Waals surface area (Å²) in [5.41, 5.74) is 0. The number of amides is 2. The topological polar surface area (TPSA) is 84.9 Å². The zero-order valence-corrected chi connectivity index (χ0v) is 14.1. The highest BCUT2D eigenvalue weighted by Crippen LogP contribution is 2.18. The summed E-state index contributed by atoms with van der Waals surface area (Å²) in [6.45, 7) is 5.09. The standard InChI is InChI=1S/C16H28N2O5/c1-3-5-10-22-15(20)13-8-7-9-18(13)14(19)12-17-16(21)23-11-6-4-2/h13H,3-12H2,1-2H3,(H,17,21). The molecule has 0 aromatic rings. The summed E-state index contributed by atoms with van der Waals surface area (Å²) in [5.74, 6) is -0.637. The lowest BCUT2D eigenvalue weighted by atomic mass is 10.2. The molecule has 1 N–H and O–H groups in total. The van der Waals surface area contributed by atoms with Gasteiger partial charge in [-0.15, -0.1) is 0 Å². The number of carbonyl (C=O) groups excluding carboxylic acids is 3. The number of rotatable bonds is 9. The van der Waals surface area contributed by atoms with Crippen LogP contribution in [-0.2, 0) is 19.1 Å². The predicted molar refractivity (Wildman–Crippen MR) is 84.9 cm³/mol. The van der Waals surface area contributed by atoms with Crippen molar-refractivity contribution < 1.29 is 23.9 Å². The van der Waals surface area contributed by atoms with E-state index < -0.39 is 12.1 Å². The van der Waals surface area contributed by atoms with Gasteiger partial charge >= 0.3 is 12.1 Å². The quantitative estimate of drug-likeness (QED) is 0.516. The number of alkyl carbamates (subject to hydrolysis) is 1. The Kier molecular flexibility index (Phi) is 9.09. The number of hydrogen-bond acceptors (Lipinski definition) is 5. The zero-order chi connectivity index (χ0) is 17.1. The molecule has 7 nitrogen and oxygen atoms in total. The minimum atomic E-state index is -0.604. The van der Waals surface area contributed by atoms with Gasteiger partial charge in [-0.1, -0.05) is 26.7 Å². The normalized spacial score (nSPS) is 17.0. The van der Waals surface area contributed by atoms with Crippen LogP contribution in [0.4, 0.5) is 4.79 Å². The van der Waals surface area contributed by atoms with Gasteiger partial charge in [0.2, 0.25) is 5.91 Å². The van der Waals surface area contributed by atoms with Gasteiger partial charge in [0.05, 0.1) is 13.2 Å². The molecule has 1 aliphatic rings. The molecule has 1 saturated heterocycles. The number of esters is 1. The van der Waals surface area contributed by atoms with E-state index in [0.717, 1.165) is 32.1 Å². The molecule has 1 rings (SSSR count). The van der Waals surface area contributed by atoms with Crippen molar-refractivity contribution in [2.24, 2.45) is 0 Å². The van der Waals surface area contributed by atoms with Crippen molar-refractivity contribution in [2.45, 2.75) is 58.4 Å². The van der Waals surface area contributed by atoms with Crippen LogP contribution in [0.25, 0.3) is 0 Å². The highest BCUT2D eigenvalue weighted by Gasteiger charge is 2.35. The Morgan fingerprint density at radius 3 is 2.39 bits per heavy atom. The Labute approximate surface area is 137 Å². The lowest BCUT2D eigenvalue weighted by Gasteiger charge is -2.23. The van der Waals surface area contributed by atoms with Crippen molar-refractivity contribution >= 4 is 18.0 Å². The molecule has 1 heterocycles. The average molecular weight is 328 g/mol. The van der Waals surface area contributed by atoms with E-state index in [4.69, 9.17) is 9.47 Å². The fourth-order valence-electron chi connectivity index (χ4n) is 2.33. The first kappa shape index (κ1) is 19.3. The Morgan fingerprint density at radius 2 is 1.74 bits per heavy atom. The molecule has 0 radical (unpaired) electrons. The molecule has 0 aromatic carbocycles. The third-order valence-electron chi connectivity index (χ3n) is 3.70. The Balaban J connectivity index is 2.35. The molecule has 1 aliphatic heterocycles. The molecule has 132 valence electrons. The maximum Gasteiger partial charge on any atom is 0.407 e. The van der Waals surface area contributed by atoms with E-state index in [0.29, 0.717) is 26.2 Å². The number of carbonyl (C=O) groups is 3. The van der Waals surface area contributed by atoms with Crippen molar-refractivity contribution in [3.05, 3.63) is 0 Å². The van der Waals surface area contributed by atoms with E-state index in [2.05, 4.69) is 5.32 Å². The number of likely N-dealkylation sites (tertiary alicyclic amines) is 1. The first-order valence-corrected chi connectivity index (χ1v) is 8.46. The average Bonchev–Trinajstić information content (AvgIpc) is 3.02. The van der Waals surface area contributed by atoms with Gasteiger partial charge in [0.15, 0.2) is 0 Å². The highest BCUT2D eigenvalue weighted by molar-refractivity contribution is 5.87. The second-order valence-electron chi connectivity index (χ2n) is 5.61. The van der Waals surface area contributed by atoms with Crippen molar-refractivity contribution in [3.8, 4) is 0 Å². The van der Waals surface area contributed by atoms with E-state index in [1.807, 2.05) is 13.8 Å². The highest BCUT2D eigenvalue weighted by atomic mass is 16.5. The van der Waals surface area contributed by atoms with E-state index in [1.165, 1.54) is 4.90 Å². The van der Waals surface area contributed by atoms with Crippen LogP contribution in [0.15, 0.2) is 0 Å². The largest absolute Gasteiger partial charge is 0.464 e. The number of ether oxygens (including phenoxy) is 2. The minimum absolute atomic E-state index is 0.163. The van der Waals surface area contributed by atoms with Crippen LogP contribution < -0.4 is 5.32 Å². The van der Waals surface area contributed by atoms with Gasteiger partial charge in [-0.2, -0.15) is 0 Å². The van der Waals surface area contributed by atoms with Crippen LogP contribution in [0.1, 0.15) is 52.4 Å². The fraction of sp³-hybridized carbons (Fsp3) is 0.812. The molecule has 1 atom stereocenters. The Bertz CT molecular complexity index is 400. The minimum Gasteiger partial charge on any atom is -0.464 e. The summed E-state index contributed by atoms with van der Waals surface area (Å²) in [4.78, 5) is 37.1. The molecule has 0 aromatic heterocycles. The first-order chi connectivity index (χ1) is 11.1. The molecule has 0 spiro atoms. The second kappa shape index (κ2) is 10.9. The monoisotopic (exact) mass is 328 g/mol. The van der Waals surface area contributed by atoms with Crippen LogP contribution in [0.2, 0.25) is 0 Å². The second-order valence-corrected chi connectivity index (χ2v) is 5.61. The van der Waals surface area contributed by atoms with Gasteiger partial charge in [0, 0.05) is 6.54 Å². The third kappa shape index (κ3) is 6.88. The number of nitrogens with one attached hydrogen (secondary N) is 1. The molecule has 1 unspecified atom stereocenters. The molecule has 2 amide bonds. The number of unbranched alkanes of at least 4 members (excludes halogenated alkanes) is 2. The zero-order valence-electron chi connectivity index (χ0n) is 14.1. The van der Waals surface area contributed by atoms with E-state index in [-0.39, 0.29) is 18.4 Å². The van der Waals surface area contributed by atoms with Gasteiger partial charge in [-0.3, -0.25) is 4.79 Å². The van der Waals surface area contributed by atoms with Gasteiger partial charge in [-0.05, 0) is 25.7 Å². The van der Waals surface area contributed by atoms with Gasteiger partial charge < -0.3 is 19.7 Å². The van der Waals surface area contributed by atoms with Crippen molar-refractivity contribution in [1.29, 1.82) is 0 Å². The first-order valence-electron chi connectivity index (χ1n) is 8.46. The van der Waals surface area contributed by atoms with Gasteiger partial charge in [0.1, 0.15) is 12.6 Å². The fourth-order valence-corrected chi connectivity index (χ4v) is 2.33. The number of nitrogens with zero attached hydrogens (tertiary/aromatic N) is 1. The molecule has 0 bridgehead atoms. The Hall–Kier alpha value is -1.79. The number of hydrogen-bond donors (Lipinski definition) is 1. The molecule has 0 saturated carbocycles. The van der Waals surface area contributed by atoms with Crippen LogP contribution in [0.3, 0.4) is 0 Å². The van der Waals surface area contributed by atoms with Crippen LogP contribution in [0, 0.1) is 0 Å². The summed E-state index contributed by atoms with van der Waals surface area (Å²) >= 11 is 0. The van der Waals surface area contributed by atoms with E-state index >= 15 is 0 Å². The molecule has 7 heteroatoms.